The SMILES string of the molecule is NNC(Cc1ccc(F)cc1)Cc1ccc(Cl)c(F)c1. The third-order valence-corrected chi connectivity index (χ3v) is 3.40. The van der Waals surface area contributed by atoms with E-state index in [0.717, 1.165) is 11.1 Å². The highest BCUT2D eigenvalue weighted by molar-refractivity contribution is 6.30. The summed E-state index contributed by atoms with van der Waals surface area (Å²) in [6.45, 7) is 0. The largest absolute Gasteiger partial charge is 0.271 e. The summed E-state index contributed by atoms with van der Waals surface area (Å²) in [6.07, 6.45) is 1.18. The molecule has 0 saturated carbocycles. The number of rotatable bonds is 5. The van der Waals surface area contributed by atoms with Gasteiger partial charge in [-0.05, 0) is 48.2 Å². The van der Waals surface area contributed by atoms with Crippen molar-refractivity contribution in [3.63, 3.8) is 0 Å². The summed E-state index contributed by atoms with van der Waals surface area (Å²) in [5, 5.41) is 0.101. The molecule has 1 atom stereocenters. The van der Waals surface area contributed by atoms with E-state index in [9.17, 15) is 8.78 Å². The van der Waals surface area contributed by atoms with Gasteiger partial charge >= 0.3 is 0 Å². The number of nitrogens with one attached hydrogen (secondary N) is 1. The van der Waals surface area contributed by atoms with Gasteiger partial charge in [-0.15, -0.1) is 0 Å². The normalized spacial score (nSPS) is 12.4. The Hall–Kier alpha value is -1.49. The van der Waals surface area contributed by atoms with Crippen LogP contribution in [0, 0.1) is 11.6 Å². The molecule has 0 amide bonds. The van der Waals surface area contributed by atoms with Gasteiger partial charge in [0.1, 0.15) is 11.6 Å². The van der Waals surface area contributed by atoms with E-state index in [0.29, 0.717) is 12.8 Å². The Morgan fingerprint density at radius 3 is 2.20 bits per heavy atom. The smallest absolute Gasteiger partial charge is 0.142 e. The van der Waals surface area contributed by atoms with Crippen molar-refractivity contribution < 1.29 is 8.78 Å². The lowest BCUT2D eigenvalue weighted by molar-refractivity contribution is 0.520. The molecular weight excluding hydrogens is 282 g/mol. The number of hydrogen-bond donors (Lipinski definition) is 2. The van der Waals surface area contributed by atoms with Crippen LogP contribution >= 0.6 is 11.6 Å². The molecule has 2 aromatic carbocycles. The van der Waals surface area contributed by atoms with Crippen LogP contribution in [0.3, 0.4) is 0 Å². The van der Waals surface area contributed by atoms with E-state index < -0.39 is 5.82 Å². The second-order valence-electron chi connectivity index (χ2n) is 4.65. The fraction of sp³-hybridized carbons (Fsp3) is 0.200. The Morgan fingerprint density at radius 2 is 1.60 bits per heavy atom. The summed E-state index contributed by atoms with van der Waals surface area (Å²) in [5.41, 5.74) is 4.46. The van der Waals surface area contributed by atoms with Crippen LogP contribution in [0.15, 0.2) is 42.5 Å². The highest BCUT2D eigenvalue weighted by Gasteiger charge is 2.10. The fourth-order valence-corrected chi connectivity index (χ4v) is 2.16. The van der Waals surface area contributed by atoms with E-state index in [1.807, 2.05) is 0 Å². The molecule has 106 valence electrons. The summed E-state index contributed by atoms with van der Waals surface area (Å²) in [4.78, 5) is 0. The third-order valence-electron chi connectivity index (χ3n) is 3.10. The summed E-state index contributed by atoms with van der Waals surface area (Å²) in [7, 11) is 0. The monoisotopic (exact) mass is 296 g/mol. The van der Waals surface area contributed by atoms with E-state index in [1.165, 1.54) is 24.3 Å². The maximum atomic E-state index is 13.4. The van der Waals surface area contributed by atoms with Gasteiger partial charge in [0.05, 0.1) is 5.02 Å². The van der Waals surface area contributed by atoms with Crippen LogP contribution in [0.1, 0.15) is 11.1 Å². The number of hydrazine groups is 1. The van der Waals surface area contributed by atoms with Crippen LogP contribution in [0.2, 0.25) is 5.02 Å². The molecule has 0 radical (unpaired) electrons. The standard InChI is InChI=1S/C15H15ClF2N2/c16-14-6-3-11(9-15(14)18)8-13(20-19)7-10-1-4-12(17)5-2-10/h1-6,9,13,20H,7-8,19H2. The van der Waals surface area contributed by atoms with E-state index in [-0.39, 0.29) is 16.9 Å². The van der Waals surface area contributed by atoms with Crippen molar-refractivity contribution in [3.8, 4) is 0 Å². The zero-order valence-corrected chi connectivity index (χ0v) is 11.5. The van der Waals surface area contributed by atoms with Crippen LogP contribution in [0.5, 0.6) is 0 Å². The van der Waals surface area contributed by atoms with Crippen LogP contribution in [0.4, 0.5) is 8.78 Å². The molecule has 0 bridgehead atoms. The highest BCUT2D eigenvalue weighted by Crippen LogP contribution is 2.17. The molecule has 3 N–H and O–H groups in total. The maximum absolute atomic E-state index is 13.4. The van der Waals surface area contributed by atoms with Gasteiger partial charge < -0.3 is 0 Å². The molecule has 2 aromatic rings. The van der Waals surface area contributed by atoms with Gasteiger partial charge in [0, 0.05) is 6.04 Å². The number of nitrogens with two attached hydrogens (primary N) is 1. The van der Waals surface area contributed by atoms with Gasteiger partial charge in [0.15, 0.2) is 0 Å². The van der Waals surface area contributed by atoms with Crippen LogP contribution in [-0.2, 0) is 12.8 Å². The molecule has 0 aliphatic rings. The van der Waals surface area contributed by atoms with Crippen molar-refractivity contribution in [3.05, 3.63) is 70.2 Å². The molecule has 20 heavy (non-hydrogen) atoms. The first-order valence-corrected chi connectivity index (χ1v) is 6.61. The topological polar surface area (TPSA) is 38.0 Å². The molecule has 0 aliphatic heterocycles. The molecule has 5 heteroatoms. The Bertz CT molecular complexity index is 573. The molecule has 0 saturated heterocycles. The number of hydrogen-bond acceptors (Lipinski definition) is 2. The van der Waals surface area contributed by atoms with Crippen molar-refractivity contribution >= 4 is 11.6 Å². The van der Waals surface area contributed by atoms with Crippen molar-refractivity contribution in [1.82, 2.24) is 5.43 Å². The Labute approximate surface area is 121 Å². The molecule has 0 aromatic heterocycles. The summed E-state index contributed by atoms with van der Waals surface area (Å²) in [5.74, 6) is 4.81. The molecule has 1 unspecified atom stereocenters. The lowest BCUT2D eigenvalue weighted by atomic mass is 9.99. The van der Waals surface area contributed by atoms with Crippen molar-refractivity contribution in [2.75, 3.05) is 0 Å². The van der Waals surface area contributed by atoms with Gasteiger partial charge in [-0.25, -0.2) is 8.78 Å². The lowest BCUT2D eigenvalue weighted by Gasteiger charge is -2.16. The minimum absolute atomic E-state index is 0.0685. The second-order valence-corrected chi connectivity index (χ2v) is 5.05. The molecule has 0 heterocycles. The molecule has 0 aliphatic carbocycles. The molecule has 0 fully saturated rings. The Kier molecular flexibility index (Phi) is 5.06. The molecule has 0 spiro atoms. The van der Waals surface area contributed by atoms with E-state index >= 15 is 0 Å². The third kappa shape index (κ3) is 4.00. The zero-order chi connectivity index (χ0) is 14.5. The summed E-state index contributed by atoms with van der Waals surface area (Å²) in [6, 6.07) is 10.9. The molecule has 2 rings (SSSR count). The first-order valence-electron chi connectivity index (χ1n) is 6.23. The number of halogens is 3. The van der Waals surface area contributed by atoms with Gasteiger partial charge in [-0.3, -0.25) is 11.3 Å². The minimum atomic E-state index is -0.443. The van der Waals surface area contributed by atoms with E-state index in [2.05, 4.69) is 5.43 Å². The highest BCUT2D eigenvalue weighted by atomic mass is 35.5. The quantitative estimate of drug-likeness (QED) is 0.657. The van der Waals surface area contributed by atoms with E-state index in [4.69, 9.17) is 17.4 Å². The van der Waals surface area contributed by atoms with Crippen LogP contribution in [-0.4, -0.2) is 6.04 Å². The van der Waals surface area contributed by atoms with Gasteiger partial charge in [0.25, 0.3) is 0 Å². The van der Waals surface area contributed by atoms with Gasteiger partial charge in [0.2, 0.25) is 0 Å². The van der Waals surface area contributed by atoms with Crippen molar-refractivity contribution in [1.29, 1.82) is 0 Å². The van der Waals surface area contributed by atoms with Crippen molar-refractivity contribution in [2.45, 2.75) is 18.9 Å². The predicted octanol–water partition coefficient (Wildman–Crippen LogP) is 3.24. The Morgan fingerprint density at radius 1 is 1.00 bits per heavy atom. The first-order chi connectivity index (χ1) is 9.58. The maximum Gasteiger partial charge on any atom is 0.142 e. The minimum Gasteiger partial charge on any atom is -0.271 e. The second kappa shape index (κ2) is 6.79. The Balaban J connectivity index is 2.04. The summed E-state index contributed by atoms with van der Waals surface area (Å²) < 4.78 is 26.2. The lowest BCUT2D eigenvalue weighted by Crippen LogP contribution is -2.38. The van der Waals surface area contributed by atoms with Gasteiger partial charge in [-0.1, -0.05) is 29.8 Å². The summed E-state index contributed by atoms with van der Waals surface area (Å²) >= 11 is 5.64. The molecular formula is C15H15ClF2N2. The zero-order valence-electron chi connectivity index (χ0n) is 10.7. The predicted molar refractivity (Wildman–Crippen MR) is 76.3 cm³/mol. The molecule has 2 nitrogen and oxygen atoms in total. The van der Waals surface area contributed by atoms with E-state index in [1.54, 1.807) is 18.2 Å². The fourth-order valence-electron chi connectivity index (χ4n) is 2.05. The number of benzene rings is 2. The average molecular weight is 297 g/mol. The van der Waals surface area contributed by atoms with Crippen molar-refractivity contribution in [2.24, 2.45) is 5.84 Å². The van der Waals surface area contributed by atoms with Crippen LogP contribution in [0.25, 0.3) is 0 Å². The van der Waals surface area contributed by atoms with Gasteiger partial charge in [-0.2, -0.15) is 0 Å². The van der Waals surface area contributed by atoms with Crippen LogP contribution < -0.4 is 11.3 Å². The first kappa shape index (κ1) is 14.9. The average Bonchev–Trinajstić information content (AvgIpc) is 2.44.